The summed E-state index contributed by atoms with van der Waals surface area (Å²) in [7, 11) is 0. The van der Waals surface area contributed by atoms with Crippen molar-refractivity contribution in [2.75, 3.05) is 11.9 Å². The van der Waals surface area contributed by atoms with Gasteiger partial charge in [0.05, 0.1) is 0 Å². The van der Waals surface area contributed by atoms with Gasteiger partial charge in [-0.15, -0.1) is 0 Å². The van der Waals surface area contributed by atoms with Crippen molar-refractivity contribution in [3.63, 3.8) is 0 Å². The van der Waals surface area contributed by atoms with Crippen molar-refractivity contribution in [3.8, 4) is 5.75 Å². The Bertz CT molecular complexity index is 1320. The normalized spacial score (nSPS) is 11.1. The van der Waals surface area contributed by atoms with Crippen molar-refractivity contribution in [1.29, 1.82) is 0 Å². The molecule has 0 atom stereocenters. The van der Waals surface area contributed by atoms with Gasteiger partial charge in [-0.3, -0.25) is 4.79 Å². The summed E-state index contributed by atoms with van der Waals surface area (Å²) in [6.45, 7) is -0.0614. The summed E-state index contributed by atoms with van der Waals surface area (Å²) >= 11 is 0. The van der Waals surface area contributed by atoms with E-state index in [1.54, 1.807) is 0 Å². The first-order chi connectivity index (χ1) is 13.8. The zero-order valence-electron chi connectivity index (χ0n) is 15.0. The van der Waals surface area contributed by atoms with Gasteiger partial charge in [0.25, 0.3) is 5.91 Å². The maximum absolute atomic E-state index is 12.3. The van der Waals surface area contributed by atoms with Gasteiger partial charge in [-0.05, 0) is 47.2 Å². The molecule has 0 fully saturated rings. The predicted octanol–water partition coefficient (Wildman–Crippen LogP) is 5.76. The molecule has 136 valence electrons. The van der Waals surface area contributed by atoms with Crippen LogP contribution in [0.3, 0.4) is 0 Å². The molecule has 0 saturated heterocycles. The fourth-order valence-corrected chi connectivity index (χ4v) is 3.41. The number of hydrogen-bond acceptors (Lipinski definition) is 3. The fraction of sp³-hybridized carbons (Fsp3) is 0.0417. The number of amides is 1. The number of ether oxygens (including phenoxy) is 1. The van der Waals surface area contributed by atoms with Gasteiger partial charge < -0.3 is 14.5 Å². The lowest BCUT2D eigenvalue weighted by atomic mass is 10.1. The van der Waals surface area contributed by atoms with Crippen LogP contribution in [0.15, 0.2) is 89.3 Å². The molecule has 1 heterocycles. The van der Waals surface area contributed by atoms with Crippen molar-refractivity contribution in [2.24, 2.45) is 0 Å². The molecule has 4 aromatic carbocycles. The third-order valence-corrected chi connectivity index (χ3v) is 4.75. The van der Waals surface area contributed by atoms with Crippen LogP contribution >= 0.6 is 0 Å². The van der Waals surface area contributed by atoms with Crippen LogP contribution < -0.4 is 10.1 Å². The van der Waals surface area contributed by atoms with Crippen LogP contribution in [0.5, 0.6) is 5.75 Å². The molecule has 4 nitrogen and oxygen atoms in total. The van der Waals surface area contributed by atoms with E-state index in [-0.39, 0.29) is 12.5 Å². The standard InChI is InChI=1S/C24H17NO3/c26-24(25-18-10-9-16-5-1-2-6-17(16)13-18)15-27-19-11-12-23-21(14-19)20-7-3-4-8-22(20)28-23/h1-14H,15H2,(H,25,26). The second kappa shape index (κ2) is 6.74. The van der Waals surface area contributed by atoms with Crippen molar-refractivity contribution in [3.05, 3.63) is 84.9 Å². The molecule has 5 rings (SSSR count). The summed E-state index contributed by atoms with van der Waals surface area (Å²) in [6.07, 6.45) is 0. The first-order valence-corrected chi connectivity index (χ1v) is 9.09. The van der Waals surface area contributed by atoms with Gasteiger partial charge >= 0.3 is 0 Å². The molecule has 28 heavy (non-hydrogen) atoms. The first-order valence-electron chi connectivity index (χ1n) is 9.09. The third kappa shape index (κ3) is 3.05. The molecular weight excluding hydrogens is 350 g/mol. The van der Waals surface area contributed by atoms with Gasteiger partial charge in [0.1, 0.15) is 16.9 Å². The van der Waals surface area contributed by atoms with E-state index >= 15 is 0 Å². The zero-order chi connectivity index (χ0) is 18.9. The Labute approximate surface area is 161 Å². The molecule has 0 spiro atoms. The summed E-state index contributed by atoms with van der Waals surface area (Å²) in [6, 6.07) is 27.3. The van der Waals surface area contributed by atoms with Gasteiger partial charge in [0.2, 0.25) is 0 Å². The van der Waals surface area contributed by atoms with Crippen LogP contribution in [0.1, 0.15) is 0 Å². The highest BCUT2D eigenvalue weighted by atomic mass is 16.5. The summed E-state index contributed by atoms with van der Waals surface area (Å²) < 4.78 is 11.5. The Hall–Kier alpha value is -3.79. The fourth-order valence-electron chi connectivity index (χ4n) is 3.41. The third-order valence-electron chi connectivity index (χ3n) is 4.75. The molecule has 0 saturated carbocycles. The molecule has 1 aromatic heterocycles. The van der Waals surface area contributed by atoms with E-state index in [4.69, 9.17) is 9.15 Å². The largest absolute Gasteiger partial charge is 0.484 e. The smallest absolute Gasteiger partial charge is 0.262 e. The van der Waals surface area contributed by atoms with Gasteiger partial charge in [-0.2, -0.15) is 0 Å². The van der Waals surface area contributed by atoms with Crippen LogP contribution in [0.4, 0.5) is 5.69 Å². The van der Waals surface area contributed by atoms with E-state index in [9.17, 15) is 4.79 Å². The number of fused-ring (bicyclic) bond motifs is 4. The molecule has 1 amide bonds. The molecule has 4 heteroatoms. The number of rotatable bonds is 4. The number of para-hydroxylation sites is 1. The van der Waals surface area contributed by atoms with Crippen molar-refractivity contribution in [2.45, 2.75) is 0 Å². The summed E-state index contributed by atoms with van der Waals surface area (Å²) in [4.78, 5) is 12.3. The highest BCUT2D eigenvalue weighted by molar-refractivity contribution is 6.05. The number of nitrogens with one attached hydrogen (secondary N) is 1. The molecule has 0 unspecified atom stereocenters. The lowest BCUT2D eigenvalue weighted by molar-refractivity contribution is -0.118. The quantitative estimate of drug-likeness (QED) is 0.439. The maximum Gasteiger partial charge on any atom is 0.262 e. The Kier molecular flexibility index (Phi) is 3.95. The summed E-state index contributed by atoms with van der Waals surface area (Å²) in [5.41, 5.74) is 2.39. The van der Waals surface area contributed by atoms with E-state index in [0.717, 1.165) is 38.4 Å². The highest BCUT2D eigenvalue weighted by Gasteiger charge is 2.09. The molecule has 5 aromatic rings. The van der Waals surface area contributed by atoms with Crippen LogP contribution in [-0.2, 0) is 4.79 Å². The molecule has 0 bridgehead atoms. The Morgan fingerprint density at radius 2 is 1.57 bits per heavy atom. The minimum Gasteiger partial charge on any atom is -0.484 e. The van der Waals surface area contributed by atoms with Gasteiger partial charge in [0.15, 0.2) is 6.61 Å². The molecule has 0 radical (unpaired) electrons. The van der Waals surface area contributed by atoms with Crippen molar-refractivity contribution < 1.29 is 13.9 Å². The van der Waals surface area contributed by atoms with Crippen LogP contribution in [-0.4, -0.2) is 12.5 Å². The van der Waals surface area contributed by atoms with E-state index in [1.165, 1.54) is 0 Å². The average molecular weight is 367 g/mol. The zero-order valence-corrected chi connectivity index (χ0v) is 15.0. The Balaban J connectivity index is 1.31. The molecule has 0 aliphatic heterocycles. The average Bonchev–Trinajstić information content (AvgIpc) is 3.10. The van der Waals surface area contributed by atoms with Gasteiger partial charge in [-0.1, -0.05) is 48.5 Å². The minimum absolute atomic E-state index is 0.0614. The second-order valence-corrected chi connectivity index (χ2v) is 6.65. The first kappa shape index (κ1) is 16.4. The lowest BCUT2D eigenvalue weighted by Crippen LogP contribution is -2.20. The van der Waals surface area contributed by atoms with Crippen LogP contribution in [0.25, 0.3) is 32.7 Å². The summed E-state index contributed by atoms with van der Waals surface area (Å²) in [5.74, 6) is 0.431. The SMILES string of the molecule is O=C(COc1ccc2oc3ccccc3c2c1)Nc1ccc2ccccc2c1. The summed E-state index contributed by atoms with van der Waals surface area (Å²) in [5, 5.41) is 7.11. The number of furan rings is 1. The predicted molar refractivity (Wildman–Crippen MR) is 112 cm³/mol. The topological polar surface area (TPSA) is 51.5 Å². The van der Waals surface area contributed by atoms with E-state index in [0.29, 0.717) is 5.75 Å². The lowest BCUT2D eigenvalue weighted by Gasteiger charge is -2.08. The number of carbonyl (C=O) groups is 1. The van der Waals surface area contributed by atoms with Crippen LogP contribution in [0, 0.1) is 0 Å². The second-order valence-electron chi connectivity index (χ2n) is 6.65. The van der Waals surface area contributed by atoms with Crippen LogP contribution in [0.2, 0.25) is 0 Å². The Morgan fingerprint density at radius 1 is 0.786 bits per heavy atom. The number of carbonyl (C=O) groups excluding carboxylic acids is 1. The molecular formula is C24H17NO3. The number of hydrogen-bond donors (Lipinski definition) is 1. The van der Waals surface area contributed by atoms with E-state index < -0.39 is 0 Å². The van der Waals surface area contributed by atoms with Gasteiger partial charge in [-0.25, -0.2) is 0 Å². The van der Waals surface area contributed by atoms with Gasteiger partial charge in [0, 0.05) is 16.5 Å². The maximum atomic E-state index is 12.3. The molecule has 0 aliphatic rings. The number of benzene rings is 4. The minimum atomic E-state index is -0.201. The highest BCUT2D eigenvalue weighted by Crippen LogP contribution is 2.31. The number of anilines is 1. The molecule has 1 N–H and O–H groups in total. The van der Waals surface area contributed by atoms with E-state index in [1.807, 2.05) is 84.9 Å². The van der Waals surface area contributed by atoms with Crippen molar-refractivity contribution >= 4 is 44.3 Å². The van der Waals surface area contributed by atoms with Crippen molar-refractivity contribution in [1.82, 2.24) is 0 Å². The van der Waals surface area contributed by atoms with E-state index in [2.05, 4.69) is 5.32 Å². The monoisotopic (exact) mass is 367 g/mol. The Morgan fingerprint density at radius 3 is 2.50 bits per heavy atom. The molecule has 0 aliphatic carbocycles.